The number of sulfonamides is 1. The molecule has 1 N–H and O–H groups in total. The molecule has 0 spiro atoms. The first kappa shape index (κ1) is 21.6. The Morgan fingerprint density at radius 2 is 1.40 bits per heavy atom. The van der Waals surface area contributed by atoms with Crippen LogP contribution in [0, 0.1) is 0 Å². The smallest absolute Gasteiger partial charge is 0.333 e. The van der Waals surface area contributed by atoms with Crippen LogP contribution in [0.5, 0.6) is 0 Å². The summed E-state index contributed by atoms with van der Waals surface area (Å²) in [7, 11) is -1.66. The van der Waals surface area contributed by atoms with Gasteiger partial charge in [0.2, 0.25) is 10.0 Å². The quantitative estimate of drug-likeness (QED) is 0.349. The van der Waals surface area contributed by atoms with Gasteiger partial charge in [0.05, 0.1) is 33.9 Å². The van der Waals surface area contributed by atoms with Crippen LogP contribution >= 0.6 is 0 Å². The molecule has 0 fully saturated rings. The Balaban J connectivity index is 0. The number of quaternary nitrogens is 1. The molecule has 0 radical (unpaired) electrons. The third kappa shape index (κ3) is 26.0. The SMILES string of the molecule is C[N+](C)(C)C.O=S(=O)(F)NS(=O)(=O)CC=CC(F)(F)F. The zero-order valence-electron chi connectivity index (χ0n) is 11.3. The summed E-state index contributed by atoms with van der Waals surface area (Å²) in [6.07, 6.45) is -4.98. The highest BCUT2D eigenvalue weighted by Crippen LogP contribution is 2.15. The van der Waals surface area contributed by atoms with E-state index >= 15 is 0 Å². The maximum Gasteiger partial charge on any atom is 0.409 e. The van der Waals surface area contributed by atoms with Crippen LogP contribution in [-0.2, 0) is 20.4 Å². The second-order valence-electron chi connectivity index (χ2n) is 4.93. The fourth-order valence-corrected chi connectivity index (χ4v) is 2.33. The highest BCUT2D eigenvalue weighted by Gasteiger charge is 2.23. The first-order chi connectivity index (χ1) is 8.41. The maximum absolute atomic E-state index is 11.8. The predicted molar refractivity (Wildman–Crippen MR) is 66.1 cm³/mol. The van der Waals surface area contributed by atoms with E-state index in [0.717, 1.165) is 4.48 Å². The van der Waals surface area contributed by atoms with Gasteiger partial charge in [-0.15, -0.1) is 0 Å². The molecule has 0 unspecified atom stereocenters. The molecule has 0 aliphatic rings. The number of allylic oxidation sites excluding steroid dienone is 1. The van der Waals surface area contributed by atoms with Gasteiger partial charge in [0.15, 0.2) is 0 Å². The standard InChI is InChI=1S/C4H5F4NO4S2.C4H12N/c5-4(6,7)2-1-3-14(10,11)9-15(8,12)13;1-5(2,3)4/h1-2,9H,3H2;1-4H3/q;+1. The average molecular weight is 345 g/mol. The number of halogens is 4. The van der Waals surface area contributed by atoms with Crippen LogP contribution in [0.2, 0.25) is 0 Å². The van der Waals surface area contributed by atoms with Crippen molar-refractivity contribution in [2.24, 2.45) is 0 Å². The minimum absolute atomic E-state index is 0.146. The Hall–Kier alpha value is -0.720. The van der Waals surface area contributed by atoms with E-state index in [-0.39, 0.29) is 6.08 Å². The molecule has 0 aromatic heterocycles. The largest absolute Gasteiger partial charge is 0.409 e. The number of nitrogens with one attached hydrogen (secondary N) is 1. The molecule has 6 nitrogen and oxygen atoms in total. The van der Waals surface area contributed by atoms with Gasteiger partial charge in [-0.2, -0.15) is 21.6 Å². The lowest BCUT2D eigenvalue weighted by molar-refractivity contribution is -0.849. The summed E-state index contributed by atoms with van der Waals surface area (Å²) >= 11 is 0. The Labute approximate surface area is 116 Å². The van der Waals surface area contributed by atoms with Crippen LogP contribution in [0.15, 0.2) is 12.2 Å². The molecule has 0 saturated heterocycles. The monoisotopic (exact) mass is 345 g/mol. The van der Waals surface area contributed by atoms with E-state index in [0.29, 0.717) is 4.13 Å². The molecule has 0 bridgehead atoms. The molecule has 0 rings (SSSR count). The van der Waals surface area contributed by atoms with Crippen molar-refractivity contribution in [3.05, 3.63) is 12.2 Å². The molecule has 20 heavy (non-hydrogen) atoms. The number of nitrogens with zero attached hydrogens (tertiary/aromatic N) is 1. The summed E-state index contributed by atoms with van der Waals surface area (Å²) in [4.78, 5) is 0. The molecule has 0 atom stereocenters. The second kappa shape index (κ2) is 7.33. The van der Waals surface area contributed by atoms with E-state index in [1.165, 1.54) is 0 Å². The van der Waals surface area contributed by atoms with Gasteiger partial charge in [-0.3, -0.25) is 0 Å². The molecule has 0 saturated carbocycles. The fourth-order valence-electron chi connectivity index (χ4n) is 0.494. The Morgan fingerprint density at radius 1 is 1.05 bits per heavy atom. The lowest BCUT2D eigenvalue weighted by atomic mass is 10.5. The summed E-state index contributed by atoms with van der Waals surface area (Å²) in [5.74, 6) is -1.30. The summed E-state index contributed by atoms with van der Waals surface area (Å²) in [6.45, 7) is 0. The van der Waals surface area contributed by atoms with Crippen molar-refractivity contribution in [2.75, 3.05) is 33.9 Å². The topological polar surface area (TPSA) is 80.3 Å². The van der Waals surface area contributed by atoms with E-state index in [9.17, 15) is 33.9 Å². The second-order valence-corrected chi connectivity index (χ2v) is 8.04. The van der Waals surface area contributed by atoms with Crippen molar-refractivity contribution in [2.45, 2.75) is 6.18 Å². The summed E-state index contributed by atoms with van der Waals surface area (Å²) in [6, 6.07) is 0. The van der Waals surface area contributed by atoms with Crippen LogP contribution in [0.4, 0.5) is 17.1 Å². The lowest BCUT2D eigenvalue weighted by Crippen LogP contribution is -2.29. The van der Waals surface area contributed by atoms with E-state index < -0.39 is 38.4 Å². The van der Waals surface area contributed by atoms with Gasteiger partial charge in [-0.1, -0.05) is 14.1 Å². The molecule has 0 aromatic carbocycles. The van der Waals surface area contributed by atoms with Gasteiger partial charge >= 0.3 is 16.6 Å². The van der Waals surface area contributed by atoms with E-state index in [1.807, 2.05) is 0 Å². The van der Waals surface area contributed by atoms with Gasteiger partial charge < -0.3 is 4.48 Å². The van der Waals surface area contributed by atoms with Crippen molar-refractivity contribution in [1.82, 2.24) is 4.13 Å². The third-order valence-electron chi connectivity index (χ3n) is 0.849. The number of hydrogen-bond acceptors (Lipinski definition) is 4. The molecule has 0 amide bonds. The Bertz CT molecular complexity index is 512. The van der Waals surface area contributed by atoms with Gasteiger partial charge in [-0.25, -0.2) is 8.42 Å². The first-order valence-electron chi connectivity index (χ1n) is 4.90. The van der Waals surface area contributed by atoms with Crippen LogP contribution in [-0.4, -0.2) is 61.4 Å². The summed E-state index contributed by atoms with van der Waals surface area (Å²) in [5.41, 5.74) is 0. The number of alkyl halides is 3. The summed E-state index contributed by atoms with van der Waals surface area (Å²) in [5, 5.41) is 0. The zero-order valence-corrected chi connectivity index (χ0v) is 12.9. The van der Waals surface area contributed by atoms with Crippen LogP contribution in [0.3, 0.4) is 0 Å². The van der Waals surface area contributed by atoms with Crippen LogP contribution < -0.4 is 4.13 Å². The predicted octanol–water partition coefficient (Wildman–Crippen LogP) is 0.561. The number of hydrogen-bond donors (Lipinski definition) is 1. The molecule has 0 aromatic rings. The molecule has 0 aliphatic heterocycles. The minimum atomic E-state index is -5.50. The molecule has 122 valence electrons. The fraction of sp³-hybridized carbons (Fsp3) is 0.750. The average Bonchev–Trinajstić information content (AvgIpc) is 1.90. The van der Waals surface area contributed by atoms with Crippen LogP contribution in [0.25, 0.3) is 0 Å². The van der Waals surface area contributed by atoms with Gasteiger partial charge in [0, 0.05) is 6.08 Å². The van der Waals surface area contributed by atoms with Crippen molar-refractivity contribution < 1.29 is 38.4 Å². The molecule has 0 heterocycles. The van der Waals surface area contributed by atoms with Crippen molar-refractivity contribution in [3.8, 4) is 0 Å². The van der Waals surface area contributed by atoms with Crippen molar-refractivity contribution >= 4 is 20.4 Å². The highest BCUT2D eigenvalue weighted by molar-refractivity contribution is 8.02. The van der Waals surface area contributed by atoms with E-state index in [1.54, 1.807) is 0 Å². The van der Waals surface area contributed by atoms with E-state index in [2.05, 4.69) is 28.2 Å². The van der Waals surface area contributed by atoms with Crippen LogP contribution in [0.1, 0.15) is 0 Å². The molecule has 0 aliphatic carbocycles. The molecule has 12 heteroatoms. The highest BCUT2D eigenvalue weighted by atomic mass is 32.3. The Kier molecular flexibility index (Phi) is 7.91. The first-order valence-corrected chi connectivity index (χ1v) is 7.94. The summed E-state index contributed by atoms with van der Waals surface area (Å²) < 4.78 is 88.5. The van der Waals surface area contributed by atoms with Crippen molar-refractivity contribution in [3.63, 3.8) is 0 Å². The minimum Gasteiger partial charge on any atom is -0.333 e. The molecular formula is C8H17F4N2O4S2+. The van der Waals surface area contributed by atoms with Gasteiger partial charge in [-0.05, 0) is 0 Å². The van der Waals surface area contributed by atoms with Gasteiger partial charge in [0.25, 0.3) is 0 Å². The Morgan fingerprint density at radius 3 is 1.65 bits per heavy atom. The van der Waals surface area contributed by atoms with Gasteiger partial charge in [0.1, 0.15) is 0 Å². The maximum atomic E-state index is 11.8. The van der Waals surface area contributed by atoms with Crippen molar-refractivity contribution in [1.29, 1.82) is 0 Å². The van der Waals surface area contributed by atoms with E-state index in [4.69, 9.17) is 0 Å². The third-order valence-corrected chi connectivity index (χ3v) is 3.29. The zero-order chi connectivity index (χ0) is 16.8. The lowest BCUT2D eigenvalue weighted by Gasteiger charge is -2.14. The number of rotatable bonds is 4. The normalized spacial score (nSPS) is 14.0. The molecular weight excluding hydrogens is 328 g/mol.